The van der Waals surface area contributed by atoms with Crippen molar-refractivity contribution >= 4 is 16.8 Å². The summed E-state index contributed by atoms with van der Waals surface area (Å²) < 4.78 is 2.22. The Balaban J connectivity index is 1.30. The van der Waals surface area contributed by atoms with Crippen molar-refractivity contribution in [1.82, 2.24) is 14.4 Å². The summed E-state index contributed by atoms with van der Waals surface area (Å²) in [6, 6.07) is 18.8. The molecule has 1 aromatic heterocycles. The maximum Gasteiger partial charge on any atom is 0.253 e. The molecule has 2 aliphatic rings. The molecule has 0 radical (unpaired) electrons. The molecule has 2 fully saturated rings. The molecule has 0 aliphatic carbocycles. The van der Waals surface area contributed by atoms with Gasteiger partial charge in [-0.1, -0.05) is 12.1 Å². The number of amides is 1. The highest BCUT2D eigenvalue weighted by molar-refractivity contribution is 5.94. The molecule has 158 valence electrons. The Bertz CT molecular complexity index is 1130. The number of nitrogens with zero attached hydrogens (tertiary/aromatic N) is 4. The SMILES string of the molecule is CC(c1ccc(C(=O)N2CC[C@H](N3CCCC3)C2)cc1)n1ccc2cc(C#N)ccc21. The number of fused-ring (bicyclic) bond motifs is 1. The van der Waals surface area contributed by atoms with Crippen LogP contribution < -0.4 is 0 Å². The van der Waals surface area contributed by atoms with E-state index in [0.29, 0.717) is 11.6 Å². The number of likely N-dealkylation sites (tertiary alicyclic amines) is 2. The number of carbonyl (C=O) groups excluding carboxylic acids is 1. The van der Waals surface area contributed by atoms with Crippen LogP contribution in [0.2, 0.25) is 0 Å². The van der Waals surface area contributed by atoms with E-state index in [-0.39, 0.29) is 11.9 Å². The molecule has 3 heterocycles. The van der Waals surface area contributed by atoms with Crippen molar-refractivity contribution in [3.05, 3.63) is 71.4 Å². The van der Waals surface area contributed by atoms with Crippen LogP contribution in [0.15, 0.2) is 54.7 Å². The third-order valence-electron chi connectivity index (χ3n) is 7.01. The average Bonchev–Trinajstić information content (AvgIpc) is 3.58. The van der Waals surface area contributed by atoms with Gasteiger partial charge in [-0.25, -0.2) is 0 Å². The highest BCUT2D eigenvalue weighted by Gasteiger charge is 2.31. The minimum absolute atomic E-state index is 0.140. The summed E-state index contributed by atoms with van der Waals surface area (Å²) in [4.78, 5) is 17.6. The molecular weight excluding hydrogens is 384 g/mol. The summed E-state index contributed by atoms with van der Waals surface area (Å²) >= 11 is 0. The van der Waals surface area contributed by atoms with Crippen molar-refractivity contribution in [2.75, 3.05) is 26.2 Å². The van der Waals surface area contributed by atoms with Gasteiger partial charge in [0.05, 0.1) is 17.7 Å². The molecule has 1 unspecified atom stereocenters. The fourth-order valence-corrected chi connectivity index (χ4v) is 5.15. The van der Waals surface area contributed by atoms with Crippen LogP contribution in [0.4, 0.5) is 0 Å². The van der Waals surface area contributed by atoms with E-state index in [0.717, 1.165) is 41.5 Å². The molecule has 2 aromatic carbocycles. The maximum atomic E-state index is 13.0. The Morgan fingerprint density at radius 1 is 1.06 bits per heavy atom. The molecule has 3 aromatic rings. The molecule has 0 bridgehead atoms. The summed E-state index contributed by atoms with van der Waals surface area (Å²) in [6.07, 6.45) is 5.74. The van der Waals surface area contributed by atoms with Crippen molar-refractivity contribution in [2.45, 2.75) is 38.3 Å². The molecule has 2 atom stereocenters. The molecule has 1 amide bonds. The van der Waals surface area contributed by atoms with Crippen molar-refractivity contribution in [3.63, 3.8) is 0 Å². The lowest BCUT2D eigenvalue weighted by atomic mass is 10.0. The summed E-state index contributed by atoms with van der Waals surface area (Å²) in [7, 11) is 0. The lowest BCUT2D eigenvalue weighted by molar-refractivity contribution is 0.0780. The first-order valence-electron chi connectivity index (χ1n) is 11.3. The first-order chi connectivity index (χ1) is 15.1. The van der Waals surface area contributed by atoms with Crippen LogP contribution in [-0.4, -0.2) is 52.5 Å². The van der Waals surface area contributed by atoms with Crippen LogP contribution >= 0.6 is 0 Å². The van der Waals surface area contributed by atoms with Crippen molar-refractivity contribution in [2.24, 2.45) is 0 Å². The van der Waals surface area contributed by atoms with Crippen molar-refractivity contribution in [1.29, 1.82) is 5.26 Å². The zero-order valence-electron chi connectivity index (χ0n) is 18.0. The Labute approximate surface area is 183 Å². The van der Waals surface area contributed by atoms with Gasteiger partial charge in [-0.15, -0.1) is 0 Å². The fraction of sp³-hybridized carbons (Fsp3) is 0.385. The molecule has 0 N–H and O–H groups in total. The van der Waals surface area contributed by atoms with E-state index in [1.165, 1.54) is 25.9 Å². The molecule has 31 heavy (non-hydrogen) atoms. The molecule has 2 saturated heterocycles. The molecule has 5 rings (SSSR count). The van der Waals surface area contributed by atoms with Crippen LogP contribution in [0.25, 0.3) is 10.9 Å². The van der Waals surface area contributed by atoms with Gasteiger partial charge in [0.25, 0.3) is 5.91 Å². The number of benzene rings is 2. The summed E-state index contributed by atoms with van der Waals surface area (Å²) in [5.74, 6) is 0.149. The van der Waals surface area contributed by atoms with Crippen molar-refractivity contribution < 1.29 is 4.79 Å². The van der Waals surface area contributed by atoms with E-state index < -0.39 is 0 Å². The van der Waals surface area contributed by atoms with Gasteiger partial charge in [-0.05, 0) is 81.2 Å². The Morgan fingerprint density at radius 2 is 1.84 bits per heavy atom. The second kappa shape index (κ2) is 8.20. The molecule has 0 saturated carbocycles. The topological polar surface area (TPSA) is 52.3 Å². The molecule has 5 heteroatoms. The Kier molecular flexibility index (Phi) is 5.25. The van der Waals surface area contributed by atoms with Crippen LogP contribution in [0.3, 0.4) is 0 Å². The number of hydrogen-bond acceptors (Lipinski definition) is 3. The molecular formula is C26H28N4O. The lowest BCUT2D eigenvalue weighted by Crippen LogP contribution is -2.37. The van der Waals surface area contributed by atoms with Gasteiger partial charge >= 0.3 is 0 Å². The minimum Gasteiger partial charge on any atom is -0.340 e. The van der Waals surface area contributed by atoms with E-state index in [2.05, 4.69) is 46.9 Å². The van der Waals surface area contributed by atoms with Gasteiger partial charge in [0.2, 0.25) is 0 Å². The van der Waals surface area contributed by atoms with E-state index in [1.54, 1.807) is 0 Å². The summed E-state index contributed by atoms with van der Waals surface area (Å²) in [5, 5.41) is 10.2. The van der Waals surface area contributed by atoms with Gasteiger partial charge in [0.15, 0.2) is 0 Å². The first kappa shape index (κ1) is 19.8. The second-order valence-electron chi connectivity index (χ2n) is 8.84. The predicted octanol–water partition coefficient (Wildman–Crippen LogP) is 4.43. The zero-order chi connectivity index (χ0) is 21.4. The highest BCUT2D eigenvalue weighted by Crippen LogP contribution is 2.27. The maximum absolute atomic E-state index is 13.0. The number of rotatable bonds is 4. The smallest absolute Gasteiger partial charge is 0.253 e. The van der Waals surface area contributed by atoms with Gasteiger partial charge in [-0.3, -0.25) is 9.69 Å². The molecule has 5 nitrogen and oxygen atoms in total. The quantitative estimate of drug-likeness (QED) is 0.637. The van der Waals surface area contributed by atoms with Gasteiger partial charge in [0, 0.05) is 41.8 Å². The van der Waals surface area contributed by atoms with Crippen LogP contribution in [0.1, 0.15) is 53.7 Å². The van der Waals surface area contributed by atoms with E-state index >= 15 is 0 Å². The normalized spacial score (nSPS) is 20.3. The predicted molar refractivity (Wildman–Crippen MR) is 122 cm³/mol. The molecule has 2 aliphatic heterocycles. The number of hydrogen-bond donors (Lipinski definition) is 0. The zero-order valence-corrected chi connectivity index (χ0v) is 18.0. The third kappa shape index (κ3) is 3.73. The minimum atomic E-state index is 0.140. The summed E-state index contributed by atoms with van der Waals surface area (Å²) in [6.45, 7) is 6.25. The average molecular weight is 413 g/mol. The largest absolute Gasteiger partial charge is 0.340 e. The van der Waals surface area contributed by atoms with Crippen LogP contribution in [0.5, 0.6) is 0 Å². The highest BCUT2D eigenvalue weighted by atomic mass is 16.2. The fourth-order valence-electron chi connectivity index (χ4n) is 5.15. The standard InChI is InChI=1S/C26H28N4O/c1-19(30-15-10-23-16-20(17-27)4-9-25(23)30)21-5-7-22(8-6-21)26(31)29-14-11-24(18-29)28-12-2-3-13-28/h4-10,15-16,19,24H,2-3,11-14,18H2,1H3/t19?,24-/m0/s1. The Hall–Kier alpha value is -3.10. The third-order valence-corrected chi connectivity index (χ3v) is 7.01. The molecule has 0 spiro atoms. The van der Waals surface area contributed by atoms with Gasteiger partial charge in [0.1, 0.15) is 0 Å². The van der Waals surface area contributed by atoms with Crippen molar-refractivity contribution in [3.8, 4) is 6.07 Å². The monoisotopic (exact) mass is 412 g/mol. The van der Waals surface area contributed by atoms with E-state index in [9.17, 15) is 4.79 Å². The number of nitriles is 1. The lowest BCUT2D eigenvalue weighted by Gasteiger charge is -2.23. The van der Waals surface area contributed by atoms with Crippen LogP contribution in [0, 0.1) is 11.3 Å². The van der Waals surface area contributed by atoms with Gasteiger partial charge in [-0.2, -0.15) is 5.26 Å². The Morgan fingerprint density at radius 3 is 2.58 bits per heavy atom. The van der Waals surface area contributed by atoms with Crippen LogP contribution in [-0.2, 0) is 0 Å². The van der Waals surface area contributed by atoms with Gasteiger partial charge < -0.3 is 9.47 Å². The van der Waals surface area contributed by atoms with E-state index in [1.807, 2.05) is 35.2 Å². The number of carbonyl (C=O) groups is 1. The first-order valence-corrected chi connectivity index (χ1v) is 11.3. The number of aromatic nitrogens is 1. The summed E-state index contributed by atoms with van der Waals surface area (Å²) in [5.41, 5.74) is 3.72. The second-order valence-corrected chi connectivity index (χ2v) is 8.84. The van der Waals surface area contributed by atoms with E-state index in [4.69, 9.17) is 5.26 Å².